The smallest absolute Gasteiger partial charge is 0.328 e. The summed E-state index contributed by atoms with van der Waals surface area (Å²) >= 11 is 0. The van der Waals surface area contributed by atoms with E-state index >= 15 is 0 Å². The van der Waals surface area contributed by atoms with Crippen molar-refractivity contribution in [2.75, 3.05) is 6.54 Å². The number of carboxylic acid groups (broad SMARTS) is 1. The predicted octanol–water partition coefficient (Wildman–Crippen LogP) is 2.49. The number of amides is 1. The number of carboxylic acids is 1. The van der Waals surface area contributed by atoms with Gasteiger partial charge in [0.1, 0.15) is 5.69 Å². The van der Waals surface area contributed by atoms with Crippen molar-refractivity contribution in [1.29, 1.82) is 0 Å². The Hall–Kier alpha value is -2.17. The number of unbranched alkanes of at least 4 members (excludes halogenated alkanes) is 3. The Bertz CT molecular complexity index is 484. The van der Waals surface area contributed by atoms with Gasteiger partial charge in [0, 0.05) is 24.4 Å². The van der Waals surface area contributed by atoms with Crippen molar-refractivity contribution in [3.63, 3.8) is 0 Å². The highest BCUT2D eigenvalue weighted by Crippen LogP contribution is 2.08. The number of carbonyl (C=O) groups excluding carboxylic acids is 1. The van der Waals surface area contributed by atoms with E-state index < -0.39 is 5.97 Å². The zero-order valence-electron chi connectivity index (χ0n) is 11.6. The van der Waals surface area contributed by atoms with E-state index in [1.165, 1.54) is 12.3 Å². The molecule has 1 aromatic heterocycles. The fourth-order valence-corrected chi connectivity index (χ4v) is 1.74. The van der Waals surface area contributed by atoms with Crippen LogP contribution in [-0.2, 0) is 4.79 Å². The van der Waals surface area contributed by atoms with Crippen LogP contribution in [0.4, 0.5) is 0 Å². The van der Waals surface area contributed by atoms with Crippen molar-refractivity contribution >= 4 is 18.0 Å². The van der Waals surface area contributed by atoms with E-state index in [-0.39, 0.29) is 11.6 Å². The van der Waals surface area contributed by atoms with Crippen LogP contribution in [0.15, 0.2) is 24.4 Å². The van der Waals surface area contributed by atoms with E-state index in [2.05, 4.69) is 17.2 Å². The van der Waals surface area contributed by atoms with Crippen LogP contribution in [0.1, 0.15) is 48.7 Å². The Morgan fingerprint density at radius 2 is 2.15 bits per heavy atom. The van der Waals surface area contributed by atoms with Crippen LogP contribution >= 0.6 is 0 Å². The lowest BCUT2D eigenvalue weighted by Crippen LogP contribution is -2.26. The Labute approximate surface area is 118 Å². The molecule has 0 fully saturated rings. The molecule has 0 bridgehead atoms. The number of nitrogens with zero attached hydrogens (tertiary/aromatic N) is 1. The lowest BCUT2D eigenvalue weighted by atomic mass is 10.1. The first-order valence-electron chi connectivity index (χ1n) is 6.79. The Morgan fingerprint density at radius 1 is 1.35 bits per heavy atom. The van der Waals surface area contributed by atoms with Crippen LogP contribution in [0.2, 0.25) is 0 Å². The molecular weight excluding hydrogens is 256 g/mol. The van der Waals surface area contributed by atoms with Gasteiger partial charge in [-0.25, -0.2) is 4.79 Å². The van der Waals surface area contributed by atoms with Crippen LogP contribution in [0.25, 0.3) is 6.08 Å². The van der Waals surface area contributed by atoms with Gasteiger partial charge in [-0.3, -0.25) is 9.78 Å². The van der Waals surface area contributed by atoms with E-state index in [0.29, 0.717) is 12.1 Å². The minimum Gasteiger partial charge on any atom is -0.478 e. The number of hydrogen-bond acceptors (Lipinski definition) is 3. The van der Waals surface area contributed by atoms with Gasteiger partial charge >= 0.3 is 5.97 Å². The first-order valence-corrected chi connectivity index (χ1v) is 6.79. The number of pyridine rings is 1. The van der Waals surface area contributed by atoms with E-state index in [0.717, 1.165) is 31.8 Å². The average Bonchev–Trinajstić information content (AvgIpc) is 2.45. The summed E-state index contributed by atoms with van der Waals surface area (Å²) in [5.74, 6) is -1.33. The van der Waals surface area contributed by atoms with Crippen molar-refractivity contribution in [3.05, 3.63) is 35.7 Å². The SMILES string of the molecule is CCCCCCNC(=O)c1ncccc1/C=C/C(=O)O. The maximum atomic E-state index is 12.0. The quantitative estimate of drug-likeness (QED) is 0.564. The van der Waals surface area contributed by atoms with Crippen LogP contribution in [0, 0.1) is 0 Å². The average molecular weight is 276 g/mol. The molecule has 1 amide bonds. The lowest BCUT2D eigenvalue weighted by molar-refractivity contribution is -0.131. The maximum Gasteiger partial charge on any atom is 0.328 e. The Morgan fingerprint density at radius 3 is 2.85 bits per heavy atom. The zero-order chi connectivity index (χ0) is 14.8. The molecule has 0 unspecified atom stereocenters. The molecule has 5 heteroatoms. The molecule has 0 radical (unpaired) electrons. The lowest BCUT2D eigenvalue weighted by Gasteiger charge is -2.06. The van der Waals surface area contributed by atoms with Gasteiger partial charge in [0.25, 0.3) is 5.91 Å². The number of aromatic nitrogens is 1. The van der Waals surface area contributed by atoms with Crippen LogP contribution in [0.3, 0.4) is 0 Å². The van der Waals surface area contributed by atoms with Crippen LogP contribution < -0.4 is 5.32 Å². The summed E-state index contributed by atoms with van der Waals surface area (Å²) in [5.41, 5.74) is 0.751. The molecule has 1 heterocycles. The van der Waals surface area contributed by atoms with Crippen LogP contribution in [-0.4, -0.2) is 28.5 Å². The second kappa shape index (κ2) is 8.85. The molecule has 0 aliphatic heterocycles. The molecule has 0 atom stereocenters. The molecule has 0 spiro atoms. The number of nitrogens with one attached hydrogen (secondary N) is 1. The zero-order valence-corrected chi connectivity index (χ0v) is 11.6. The third-order valence-electron chi connectivity index (χ3n) is 2.78. The number of aliphatic carboxylic acids is 1. The van der Waals surface area contributed by atoms with E-state index in [4.69, 9.17) is 5.11 Å². The van der Waals surface area contributed by atoms with E-state index in [1.807, 2.05) is 0 Å². The molecule has 5 nitrogen and oxygen atoms in total. The second-order valence-corrected chi connectivity index (χ2v) is 4.43. The highest BCUT2D eigenvalue weighted by atomic mass is 16.4. The van der Waals surface area contributed by atoms with Gasteiger partial charge < -0.3 is 10.4 Å². The largest absolute Gasteiger partial charge is 0.478 e. The van der Waals surface area contributed by atoms with E-state index in [1.54, 1.807) is 12.1 Å². The minimum atomic E-state index is -1.06. The van der Waals surface area contributed by atoms with Gasteiger partial charge in [-0.2, -0.15) is 0 Å². The monoisotopic (exact) mass is 276 g/mol. The summed E-state index contributed by atoms with van der Waals surface area (Å²) in [7, 11) is 0. The molecule has 20 heavy (non-hydrogen) atoms. The third-order valence-corrected chi connectivity index (χ3v) is 2.78. The number of rotatable bonds is 8. The first-order chi connectivity index (χ1) is 9.65. The molecule has 2 N–H and O–H groups in total. The highest BCUT2D eigenvalue weighted by molar-refractivity contribution is 5.97. The summed E-state index contributed by atoms with van der Waals surface area (Å²) in [5, 5.41) is 11.4. The molecule has 0 aliphatic rings. The topological polar surface area (TPSA) is 79.3 Å². The highest BCUT2D eigenvalue weighted by Gasteiger charge is 2.10. The number of carbonyl (C=O) groups is 2. The van der Waals surface area contributed by atoms with Crippen molar-refractivity contribution in [2.24, 2.45) is 0 Å². The Kier molecular flexibility index (Phi) is 7.03. The van der Waals surface area contributed by atoms with Gasteiger partial charge in [0.2, 0.25) is 0 Å². The molecule has 0 aliphatic carbocycles. The van der Waals surface area contributed by atoms with Gasteiger partial charge in [0.05, 0.1) is 0 Å². The molecule has 0 saturated heterocycles. The van der Waals surface area contributed by atoms with Gasteiger partial charge in [0.15, 0.2) is 0 Å². The molecule has 0 saturated carbocycles. The normalized spacial score (nSPS) is 10.7. The van der Waals surface area contributed by atoms with Gasteiger partial charge in [-0.15, -0.1) is 0 Å². The van der Waals surface area contributed by atoms with Crippen molar-refractivity contribution in [3.8, 4) is 0 Å². The van der Waals surface area contributed by atoms with Gasteiger partial charge in [-0.05, 0) is 18.6 Å². The third kappa shape index (κ3) is 5.65. The second-order valence-electron chi connectivity index (χ2n) is 4.43. The minimum absolute atomic E-state index is 0.250. The summed E-state index contributed by atoms with van der Waals surface area (Å²) in [4.78, 5) is 26.5. The predicted molar refractivity (Wildman–Crippen MR) is 77.4 cm³/mol. The summed E-state index contributed by atoms with van der Waals surface area (Å²) in [6.45, 7) is 2.74. The first kappa shape index (κ1) is 15.9. The van der Waals surface area contributed by atoms with Crippen molar-refractivity contribution < 1.29 is 14.7 Å². The molecule has 108 valence electrons. The summed E-state index contributed by atoms with van der Waals surface area (Å²) in [6, 6.07) is 3.33. The molecular formula is C15H20N2O3. The standard InChI is InChI=1S/C15H20N2O3/c1-2-3-4-5-10-17-15(20)14-12(7-6-11-16-14)8-9-13(18)19/h6-9,11H,2-5,10H2,1H3,(H,17,20)(H,18,19)/b9-8+. The summed E-state index contributed by atoms with van der Waals surface area (Å²) < 4.78 is 0. The number of hydrogen-bond donors (Lipinski definition) is 2. The fourth-order valence-electron chi connectivity index (χ4n) is 1.74. The van der Waals surface area contributed by atoms with Crippen molar-refractivity contribution in [1.82, 2.24) is 10.3 Å². The van der Waals surface area contributed by atoms with Crippen LogP contribution in [0.5, 0.6) is 0 Å². The summed E-state index contributed by atoms with van der Waals surface area (Å²) in [6.07, 6.45) is 8.22. The molecule has 1 rings (SSSR count). The maximum absolute atomic E-state index is 12.0. The molecule has 1 aromatic rings. The fraction of sp³-hybridized carbons (Fsp3) is 0.400. The van der Waals surface area contributed by atoms with Gasteiger partial charge in [-0.1, -0.05) is 32.3 Å². The van der Waals surface area contributed by atoms with E-state index in [9.17, 15) is 9.59 Å². The Balaban J connectivity index is 2.61. The van der Waals surface area contributed by atoms with Crippen molar-refractivity contribution in [2.45, 2.75) is 32.6 Å². The molecule has 0 aromatic carbocycles.